The molecule has 0 unspecified atom stereocenters. The van der Waals surface area contributed by atoms with E-state index in [4.69, 9.17) is 0 Å². The Labute approximate surface area is 71.4 Å². The fraction of sp³-hybridized carbons (Fsp3) is 0.556. The van der Waals surface area contributed by atoms with Crippen LogP contribution in [0.3, 0.4) is 0 Å². The SMILES string of the molecule is COC(=O)CC1=C(C)CCC1=O. The first-order valence-corrected chi connectivity index (χ1v) is 3.93. The van der Waals surface area contributed by atoms with Gasteiger partial charge in [0.1, 0.15) is 0 Å². The second-order valence-electron chi connectivity index (χ2n) is 2.93. The molecule has 1 aliphatic rings. The fourth-order valence-corrected chi connectivity index (χ4v) is 1.31. The van der Waals surface area contributed by atoms with E-state index in [0.29, 0.717) is 12.0 Å². The van der Waals surface area contributed by atoms with Crippen LogP contribution in [0, 0.1) is 0 Å². The van der Waals surface area contributed by atoms with Gasteiger partial charge in [-0.15, -0.1) is 0 Å². The van der Waals surface area contributed by atoms with E-state index in [1.165, 1.54) is 7.11 Å². The highest BCUT2D eigenvalue weighted by Gasteiger charge is 2.22. The molecule has 0 N–H and O–H groups in total. The first-order valence-electron chi connectivity index (χ1n) is 3.93. The molecule has 0 fully saturated rings. The van der Waals surface area contributed by atoms with Crippen molar-refractivity contribution in [2.45, 2.75) is 26.2 Å². The molecule has 0 spiro atoms. The molecule has 0 bridgehead atoms. The molecule has 0 saturated carbocycles. The molecule has 0 amide bonds. The molecule has 0 aromatic rings. The Bertz CT molecular complexity index is 250. The smallest absolute Gasteiger partial charge is 0.310 e. The van der Waals surface area contributed by atoms with Gasteiger partial charge in [0.05, 0.1) is 13.5 Å². The number of allylic oxidation sites excluding steroid dienone is 1. The Hall–Kier alpha value is -1.12. The van der Waals surface area contributed by atoms with Crippen molar-refractivity contribution >= 4 is 11.8 Å². The minimum atomic E-state index is -0.334. The van der Waals surface area contributed by atoms with Crippen molar-refractivity contribution in [1.29, 1.82) is 0 Å². The average molecular weight is 168 g/mol. The molecule has 3 nitrogen and oxygen atoms in total. The van der Waals surface area contributed by atoms with Crippen LogP contribution in [0.15, 0.2) is 11.1 Å². The Morgan fingerprint density at radius 2 is 2.17 bits per heavy atom. The van der Waals surface area contributed by atoms with E-state index in [1.54, 1.807) is 0 Å². The lowest BCUT2D eigenvalue weighted by molar-refractivity contribution is -0.140. The van der Waals surface area contributed by atoms with E-state index in [9.17, 15) is 9.59 Å². The second-order valence-corrected chi connectivity index (χ2v) is 2.93. The highest BCUT2D eigenvalue weighted by molar-refractivity contribution is 6.02. The van der Waals surface area contributed by atoms with Gasteiger partial charge in [-0.1, -0.05) is 5.57 Å². The predicted molar refractivity (Wildman–Crippen MR) is 43.6 cm³/mol. The van der Waals surface area contributed by atoms with E-state index in [-0.39, 0.29) is 18.2 Å². The molecule has 3 heteroatoms. The number of hydrogen-bond acceptors (Lipinski definition) is 3. The summed E-state index contributed by atoms with van der Waals surface area (Å²) in [7, 11) is 1.33. The van der Waals surface area contributed by atoms with Gasteiger partial charge in [-0.25, -0.2) is 0 Å². The van der Waals surface area contributed by atoms with Crippen molar-refractivity contribution in [3.05, 3.63) is 11.1 Å². The van der Waals surface area contributed by atoms with Crippen LogP contribution in [0.4, 0.5) is 0 Å². The monoisotopic (exact) mass is 168 g/mol. The number of esters is 1. The van der Waals surface area contributed by atoms with Crippen molar-refractivity contribution in [3.8, 4) is 0 Å². The molecule has 1 aliphatic carbocycles. The minimum absolute atomic E-state index is 0.0953. The van der Waals surface area contributed by atoms with Crippen LogP contribution < -0.4 is 0 Å². The Morgan fingerprint density at radius 1 is 1.50 bits per heavy atom. The summed E-state index contributed by atoms with van der Waals surface area (Å²) in [6.45, 7) is 1.89. The number of ketones is 1. The number of Topliss-reactive ketones (excluding diaryl/α,β-unsaturated/α-hetero) is 1. The van der Waals surface area contributed by atoms with Crippen LogP contribution in [0.25, 0.3) is 0 Å². The topological polar surface area (TPSA) is 43.4 Å². The van der Waals surface area contributed by atoms with Gasteiger partial charge in [-0.2, -0.15) is 0 Å². The van der Waals surface area contributed by atoms with Crippen LogP contribution in [0.5, 0.6) is 0 Å². The Morgan fingerprint density at radius 3 is 2.58 bits per heavy atom. The van der Waals surface area contributed by atoms with Crippen LogP contribution in [-0.2, 0) is 14.3 Å². The van der Waals surface area contributed by atoms with Crippen molar-refractivity contribution in [2.75, 3.05) is 7.11 Å². The van der Waals surface area contributed by atoms with Crippen LogP contribution >= 0.6 is 0 Å². The first-order chi connectivity index (χ1) is 5.65. The van der Waals surface area contributed by atoms with E-state index in [1.807, 2.05) is 6.92 Å². The third-order valence-electron chi connectivity index (χ3n) is 2.13. The molecule has 0 heterocycles. The molecule has 0 aliphatic heterocycles. The molecular weight excluding hydrogens is 156 g/mol. The lowest BCUT2D eigenvalue weighted by Crippen LogP contribution is -2.06. The number of carbonyl (C=O) groups excluding carboxylic acids is 2. The number of hydrogen-bond donors (Lipinski definition) is 0. The van der Waals surface area contributed by atoms with E-state index < -0.39 is 0 Å². The summed E-state index contributed by atoms with van der Waals surface area (Å²) < 4.78 is 4.48. The largest absolute Gasteiger partial charge is 0.469 e. The average Bonchev–Trinajstić information content (AvgIpc) is 2.35. The maximum absolute atomic E-state index is 11.2. The van der Waals surface area contributed by atoms with Crippen molar-refractivity contribution in [3.63, 3.8) is 0 Å². The third kappa shape index (κ3) is 1.72. The van der Waals surface area contributed by atoms with Gasteiger partial charge < -0.3 is 4.74 Å². The van der Waals surface area contributed by atoms with Gasteiger partial charge in [-0.05, 0) is 13.3 Å². The van der Waals surface area contributed by atoms with Crippen molar-refractivity contribution < 1.29 is 14.3 Å². The summed E-state index contributed by atoms with van der Waals surface area (Å²) in [4.78, 5) is 22.0. The van der Waals surface area contributed by atoms with Gasteiger partial charge in [0.25, 0.3) is 0 Å². The highest BCUT2D eigenvalue weighted by atomic mass is 16.5. The van der Waals surface area contributed by atoms with Gasteiger partial charge in [0.2, 0.25) is 0 Å². The maximum Gasteiger partial charge on any atom is 0.310 e. The molecule has 0 aromatic carbocycles. The number of rotatable bonds is 2. The molecule has 12 heavy (non-hydrogen) atoms. The summed E-state index contributed by atoms with van der Waals surface area (Å²) in [6, 6.07) is 0. The van der Waals surface area contributed by atoms with Crippen LogP contribution in [-0.4, -0.2) is 18.9 Å². The normalized spacial score (nSPS) is 17.0. The Kier molecular flexibility index (Phi) is 2.63. The molecule has 66 valence electrons. The minimum Gasteiger partial charge on any atom is -0.469 e. The molecule has 0 radical (unpaired) electrons. The standard InChI is InChI=1S/C9H12O3/c1-6-3-4-8(10)7(6)5-9(11)12-2/h3-5H2,1-2H3. The molecule has 0 atom stereocenters. The van der Waals surface area contributed by atoms with Crippen molar-refractivity contribution in [2.24, 2.45) is 0 Å². The zero-order chi connectivity index (χ0) is 9.14. The number of methoxy groups -OCH3 is 1. The summed E-state index contributed by atoms with van der Waals surface area (Å²) >= 11 is 0. The number of ether oxygens (including phenoxy) is 1. The van der Waals surface area contributed by atoms with Crippen molar-refractivity contribution in [1.82, 2.24) is 0 Å². The van der Waals surface area contributed by atoms with Gasteiger partial charge >= 0.3 is 5.97 Å². The fourth-order valence-electron chi connectivity index (χ4n) is 1.31. The zero-order valence-electron chi connectivity index (χ0n) is 7.35. The molecular formula is C9H12O3. The first kappa shape index (κ1) is 8.97. The number of carbonyl (C=O) groups is 2. The summed E-state index contributed by atoms with van der Waals surface area (Å²) in [5.41, 5.74) is 1.69. The van der Waals surface area contributed by atoms with E-state index >= 15 is 0 Å². The van der Waals surface area contributed by atoms with E-state index in [0.717, 1.165) is 12.0 Å². The second kappa shape index (κ2) is 3.52. The zero-order valence-corrected chi connectivity index (χ0v) is 7.35. The van der Waals surface area contributed by atoms with Gasteiger partial charge in [-0.3, -0.25) is 9.59 Å². The maximum atomic E-state index is 11.2. The van der Waals surface area contributed by atoms with Gasteiger partial charge in [0.15, 0.2) is 5.78 Å². The van der Waals surface area contributed by atoms with Crippen LogP contribution in [0.1, 0.15) is 26.2 Å². The summed E-state index contributed by atoms with van der Waals surface area (Å²) in [6.07, 6.45) is 1.49. The lowest BCUT2D eigenvalue weighted by atomic mass is 10.1. The van der Waals surface area contributed by atoms with Crippen LogP contribution in [0.2, 0.25) is 0 Å². The third-order valence-corrected chi connectivity index (χ3v) is 2.13. The predicted octanol–water partition coefficient (Wildman–Crippen LogP) is 1.23. The summed E-state index contributed by atoms with van der Waals surface area (Å²) in [5, 5.41) is 0. The lowest BCUT2D eigenvalue weighted by Gasteiger charge is -2.00. The molecule has 1 rings (SSSR count). The Balaban J connectivity index is 2.67. The molecule has 0 aromatic heterocycles. The van der Waals surface area contributed by atoms with E-state index in [2.05, 4.69) is 4.74 Å². The molecule has 0 saturated heterocycles. The summed E-state index contributed by atoms with van der Waals surface area (Å²) in [5.74, 6) is -0.238. The van der Waals surface area contributed by atoms with Gasteiger partial charge in [0, 0.05) is 12.0 Å². The highest BCUT2D eigenvalue weighted by Crippen LogP contribution is 2.24. The quantitative estimate of drug-likeness (QED) is 0.582.